The van der Waals surface area contributed by atoms with E-state index in [1.54, 1.807) is 0 Å². The lowest BCUT2D eigenvalue weighted by Crippen LogP contribution is -1.98. The van der Waals surface area contributed by atoms with Crippen LogP contribution >= 0.6 is 11.6 Å². The van der Waals surface area contributed by atoms with Crippen LogP contribution < -0.4 is 0 Å². The van der Waals surface area contributed by atoms with Crippen molar-refractivity contribution in [3.05, 3.63) is 64.2 Å². The fourth-order valence-corrected chi connectivity index (χ4v) is 2.86. The highest BCUT2D eigenvalue weighted by Gasteiger charge is 2.14. The van der Waals surface area contributed by atoms with Gasteiger partial charge in [0.2, 0.25) is 0 Å². The minimum atomic E-state index is 0.811. The van der Waals surface area contributed by atoms with Crippen LogP contribution in [0.5, 0.6) is 0 Å². The number of rotatable bonds is 4. The smallest absolute Gasteiger partial charge is 0.0487 e. The van der Waals surface area contributed by atoms with Crippen LogP contribution in [0.1, 0.15) is 44.2 Å². The normalized spacial score (nSPS) is 14.9. The number of allylic oxidation sites excluding steroid dienone is 5. The topological polar surface area (TPSA) is 0 Å². The molecule has 1 heteroatoms. The molecule has 2 rings (SSSR count). The molecule has 19 heavy (non-hydrogen) atoms. The zero-order chi connectivity index (χ0) is 13.8. The minimum absolute atomic E-state index is 0.811. The van der Waals surface area contributed by atoms with Crippen molar-refractivity contribution in [2.75, 3.05) is 0 Å². The summed E-state index contributed by atoms with van der Waals surface area (Å²) in [7, 11) is 0. The molecule has 0 fully saturated rings. The van der Waals surface area contributed by atoms with Crippen LogP contribution in [-0.4, -0.2) is 0 Å². The summed E-state index contributed by atoms with van der Waals surface area (Å²) in [4.78, 5) is 0. The van der Waals surface area contributed by atoms with E-state index < -0.39 is 0 Å². The van der Waals surface area contributed by atoms with Gasteiger partial charge < -0.3 is 0 Å². The molecule has 0 aliphatic heterocycles. The summed E-state index contributed by atoms with van der Waals surface area (Å²) in [5, 5.41) is 0.811. The first-order valence-electron chi connectivity index (χ1n) is 7.05. The van der Waals surface area contributed by atoms with Crippen molar-refractivity contribution < 1.29 is 0 Å². The van der Waals surface area contributed by atoms with Crippen molar-refractivity contribution in [3.63, 3.8) is 0 Å². The van der Waals surface area contributed by atoms with Gasteiger partial charge in [-0.2, -0.15) is 0 Å². The van der Waals surface area contributed by atoms with E-state index in [-0.39, 0.29) is 0 Å². The third kappa shape index (κ3) is 3.01. The van der Waals surface area contributed by atoms with Gasteiger partial charge in [-0.25, -0.2) is 0 Å². The lowest BCUT2D eigenvalue weighted by molar-refractivity contribution is 0.968. The standard InChI is InChI=1S/C18H21Cl/c1-4-14-10-11-17(18(19)12-14)13(3)16-9-7-6-8-15(16)5-2/h8-12H,3-7H2,1-2H3. The van der Waals surface area contributed by atoms with E-state index in [0.717, 1.165) is 41.8 Å². The monoisotopic (exact) mass is 272 g/mol. The van der Waals surface area contributed by atoms with E-state index in [1.807, 2.05) is 0 Å². The van der Waals surface area contributed by atoms with Gasteiger partial charge in [0.25, 0.3) is 0 Å². The molecule has 1 aromatic rings. The Hall–Kier alpha value is -1.27. The van der Waals surface area contributed by atoms with Gasteiger partial charge in [-0.3, -0.25) is 0 Å². The van der Waals surface area contributed by atoms with Gasteiger partial charge in [-0.1, -0.05) is 56.3 Å². The van der Waals surface area contributed by atoms with E-state index in [9.17, 15) is 0 Å². The second kappa shape index (κ2) is 6.25. The molecule has 0 spiro atoms. The number of halogens is 1. The molecule has 0 heterocycles. The SMILES string of the molecule is C=C(C1=CCCC=C1CC)c1ccc(CC)cc1Cl. The minimum Gasteiger partial charge on any atom is -0.0905 e. The Bertz CT molecular complexity index is 547. The van der Waals surface area contributed by atoms with Crippen LogP contribution in [0.3, 0.4) is 0 Å². The summed E-state index contributed by atoms with van der Waals surface area (Å²) in [6.45, 7) is 8.60. The Morgan fingerprint density at radius 3 is 2.53 bits per heavy atom. The molecular weight excluding hydrogens is 252 g/mol. The van der Waals surface area contributed by atoms with E-state index in [1.165, 1.54) is 16.7 Å². The maximum absolute atomic E-state index is 6.41. The molecule has 0 saturated heterocycles. The van der Waals surface area contributed by atoms with Crippen molar-refractivity contribution in [2.45, 2.75) is 39.5 Å². The van der Waals surface area contributed by atoms with Crippen LogP contribution in [0.4, 0.5) is 0 Å². The van der Waals surface area contributed by atoms with E-state index in [4.69, 9.17) is 11.6 Å². The largest absolute Gasteiger partial charge is 0.0905 e. The Kier molecular flexibility index (Phi) is 4.66. The van der Waals surface area contributed by atoms with Gasteiger partial charge in [0.05, 0.1) is 0 Å². The Balaban J connectivity index is 2.34. The molecule has 1 aromatic carbocycles. The quantitative estimate of drug-likeness (QED) is 0.633. The molecule has 0 saturated carbocycles. The fourth-order valence-electron chi connectivity index (χ4n) is 2.55. The van der Waals surface area contributed by atoms with Gasteiger partial charge >= 0.3 is 0 Å². The molecule has 0 nitrogen and oxygen atoms in total. The second-order valence-corrected chi connectivity index (χ2v) is 5.33. The summed E-state index contributed by atoms with van der Waals surface area (Å²) >= 11 is 6.41. The number of aryl methyl sites for hydroxylation is 1. The molecule has 0 N–H and O–H groups in total. The van der Waals surface area contributed by atoms with Gasteiger partial charge in [-0.15, -0.1) is 0 Å². The van der Waals surface area contributed by atoms with Gasteiger partial charge in [0, 0.05) is 10.6 Å². The van der Waals surface area contributed by atoms with E-state index in [0.29, 0.717) is 0 Å². The van der Waals surface area contributed by atoms with Crippen LogP contribution in [-0.2, 0) is 6.42 Å². The van der Waals surface area contributed by atoms with E-state index >= 15 is 0 Å². The molecule has 0 unspecified atom stereocenters. The first-order valence-corrected chi connectivity index (χ1v) is 7.42. The number of hydrogen-bond donors (Lipinski definition) is 0. The summed E-state index contributed by atoms with van der Waals surface area (Å²) in [5.41, 5.74) is 6.06. The predicted octanol–water partition coefficient (Wildman–Crippen LogP) is 5.97. The lowest BCUT2D eigenvalue weighted by atomic mass is 9.87. The maximum Gasteiger partial charge on any atom is 0.0487 e. The summed E-state index contributed by atoms with van der Waals surface area (Å²) in [6.07, 6.45) is 8.93. The van der Waals surface area contributed by atoms with Gasteiger partial charge in [-0.05, 0) is 54.0 Å². The van der Waals surface area contributed by atoms with Crippen molar-refractivity contribution in [2.24, 2.45) is 0 Å². The van der Waals surface area contributed by atoms with Crippen molar-refractivity contribution in [1.29, 1.82) is 0 Å². The number of hydrogen-bond acceptors (Lipinski definition) is 0. The summed E-state index contributed by atoms with van der Waals surface area (Å²) < 4.78 is 0. The molecule has 1 aliphatic rings. The molecule has 0 radical (unpaired) electrons. The third-order valence-corrected chi connectivity index (χ3v) is 4.04. The molecule has 100 valence electrons. The highest BCUT2D eigenvalue weighted by molar-refractivity contribution is 6.32. The average molecular weight is 273 g/mol. The van der Waals surface area contributed by atoms with E-state index in [2.05, 4.69) is 50.8 Å². The third-order valence-electron chi connectivity index (χ3n) is 3.72. The van der Waals surface area contributed by atoms with Gasteiger partial charge in [0.1, 0.15) is 0 Å². The Morgan fingerprint density at radius 1 is 1.16 bits per heavy atom. The second-order valence-electron chi connectivity index (χ2n) is 4.92. The maximum atomic E-state index is 6.41. The molecule has 0 bridgehead atoms. The molecule has 0 amide bonds. The fraction of sp³-hybridized carbons (Fsp3) is 0.333. The lowest BCUT2D eigenvalue weighted by Gasteiger charge is -2.18. The average Bonchev–Trinajstić information content (AvgIpc) is 2.46. The van der Waals surface area contributed by atoms with Crippen molar-refractivity contribution in [1.82, 2.24) is 0 Å². The molecule has 1 aliphatic carbocycles. The summed E-state index contributed by atoms with van der Waals surface area (Å²) in [6, 6.07) is 6.30. The predicted molar refractivity (Wildman–Crippen MR) is 85.6 cm³/mol. The number of benzene rings is 1. The molecule has 0 atom stereocenters. The summed E-state index contributed by atoms with van der Waals surface area (Å²) in [5.74, 6) is 0. The van der Waals surface area contributed by atoms with Crippen LogP contribution in [0.25, 0.3) is 5.57 Å². The molecular formula is C18H21Cl. The van der Waals surface area contributed by atoms with Crippen molar-refractivity contribution >= 4 is 17.2 Å². The van der Waals surface area contributed by atoms with Crippen LogP contribution in [0.2, 0.25) is 5.02 Å². The highest BCUT2D eigenvalue weighted by atomic mass is 35.5. The zero-order valence-electron chi connectivity index (χ0n) is 11.8. The Labute approximate surface area is 121 Å². The van der Waals surface area contributed by atoms with Gasteiger partial charge in [0.15, 0.2) is 0 Å². The molecule has 0 aromatic heterocycles. The Morgan fingerprint density at radius 2 is 1.89 bits per heavy atom. The van der Waals surface area contributed by atoms with Crippen LogP contribution in [0.15, 0.2) is 48.1 Å². The first-order chi connectivity index (χ1) is 9.17. The van der Waals surface area contributed by atoms with Crippen molar-refractivity contribution in [3.8, 4) is 0 Å². The van der Waals surface area contributed by atoms with Crippen LogP contribution in [0, 0.1) is 0 Å². The first kappa shape index (κ1) is 14.1. The zero-order valence-corrected chi connectivity index (χ0v) is 12.6. The highest BCUT2D eigenvalue weighted by Crippen LogP contribution is 2.35.